The molecule has 3 heterocycles. The van der Waals surface area contributed by atoms with Gasteiger partial charge in [-0.3, -0.25) is 48.6 Å². The van der Waals surface area contributed by atoms with E-state index in [0.717, 1.165) is 10.3 Å². The van der Waals surface area contributed by atoms with Crippen LogP contribution in [-0.2, 0) is 10.1 Å². The van der Waals surface area contributed by atoms with E-state index in [1.165, 1.54) is 17.0 Å². The van der Waals surface area contributed by atoms with Crippen LogP contribution in [0.15, 0.2) is 66.9 Å². The summed E-state index contributed by atoms with van der Waals surface area (Å²) in [5.74, 6) is -1.69. The third-order valence-electron chi connectivity index (χ3n) is 8.62. The molecule has 2 aliphatic heterocycles. The number of aromatic nitrogens is 1. The average molecular weight is 713 g/mol. The SMILES string of the molecule is CS(=O)(=O)O.Nc1cc2c3c(cc4cccnc4c3c1)C(=O)N(CCCNCCCCN1C(=O)c3cccc4cc([N+](=O)[O-])cc(c34)C1=O)C2=O. The Morgan fingerprint density at radius 1 is 0.784 bits per heavy atom. The molecule has 262 valence electrons. The predicted molar refractivity (Wildman–Crippen MR) is 189 cm³/mol. The number of nitrogens with two attached hydrogens (primary N) is 1. The Labute approximate surface area is 290 Å². The van der Waals surface area contributed by atoms with E-state index in [2.05, 4.69) is 10.3 Å². The number of nitrogens with one attached hydrogen (secondary N) is 1. The van der Waals surface area contributed by atoms with E-state index in [9.17, 15) is 37.7 Å². The Morgan fingerprint density at radius 3 is 2.06 bits per heavy atom. The largest absolute Gasteiger partial charge is 0.399 e. The molecule has 0 unspecified atom stereocenters. The Kier molecular flexibility index (Phi) is 9.48. The van der Waals surface area contributed by atoms with Crippen molar-refractivity contribution in [2.24, 2.45) is 0 Å². The number of rotatable bonds is 10. The number of imide groups is 2. The number of hydrogen-bond acceptors (Lipinski definition) is 11. The topological polar surface area (TPSA) is 223 Å². The number of pyridine rings is 1. The van der Waals surface area contributed by atoms with Gasteiger partial charge in [-0.05, 0) is 68.1 Å². The van der Waals surface area contributed by atoms with Crippen LogP contribution in [0.4, 0.5) is 11.4 Å². The highest BCUT2D eigenvalue weighted by molar-refractivity contribution is 7.85. The van der Waals surface area contributed by atoms with Crippen LogP contribution in [0.3, 0.4) is 0 Å². The third-order valence-corrected chi connectivity index (χ3v) is 8.62. The Hall–Kier alpha value is -5.84. The summed E-state index contributed by atoms with van der Waals surface area (Å²) in [6, 6.07) is 16.4. The van der Waals surface area contributed by atoms with Crippen molar-refractivity contribution in [3.8, 4) is 0 Å². The predicted octanol–water partition coefficient (Wildman–Crippen LogP) is 4.19. The number of hydrogen-bond donors (Lipinski definition) is 3. The molecule has 15 nitrogen and oxygen atoms in total. The average Bonchev–Trinajstić information content (AvgIpc) is 3.08. The number of unbranched alkanes of at least 4 members (excludes halogenated alkanes) is 1. The van der Waals surface area contributed by atoms with Crippen LogP contribution < -0.4 is 11.1 Å². The number of non-ortho nitro benzene ring substituents is 1. The molecule has 0 bridgehead atoms. The molecule has 0 saturated carbocycles. The molecule has 0 aliphatic carbocycles. The number of nitro groups is 1. The highest BCUT2D eigenvalue weighted by Gasteiger charge is 2.35. The van der Waals surface area contributed by atoms with E-state index in [-0.39, 0.29) is 36.2 Å². The van der Waals surface area contributed by atoms with Gasteiger partial charge in [0, 0.05) is 69.8 Å². The first-order valence-electron chi connectivity index (χ1n) is 15.9. The fourth-order valence-corrected chi connectivity index (χ4v) is 6.51. The molecule has 16 heteroatoms. The van der Waals surface area contributed by atoms with Gasteiger partial charge in [-0.2, -0.15) is 8.42 Å². The van der Waals surface area contributed by atoms with Crippen LogP contribution in [0, 0.1) is 10.1 Å². The molecule has 0 atom stereocenters. The van der Waals surface area contributed by atoms with Gasteiger partial charge in [0.2, 0.25) is 0 Å². The maximum Gasteiger partial charge on any atom is 0.270 e. The molecule has 4 N–H and O–H groups in total. The molecule has 51 heavy (non-hydrogen) atoms. The van der Waals surface area contributed by atoms with E-state index in [0.29, 0.717) is 88.0 Å². The minimum absolute atomic E-state index is 0.158. The first kappa shape index (κ1) is 35.0. The summed E-state index contributed by atoms with van der Waals surface area (Å²) in [6.45, 7) is 1.53. The van der Waals surface area contributed by atoms with Gasteiger partial charge in [-0.15, -0.1) is 0 Å². The van der Waals surface area contributed by atoms with Crippen molar-refractivity contribution in [2.45, 2.75) is 19.3 Å². The molecular formula is C35H32N6O9S. The van der Waals surface area contributed by atoms with Crippen molar-refractivity contribution >= 4 is 77.6 Å². The second-order valence-corrected chi connectivity index (χ2v) is 13.7. The number of nitrogens with zero attached hydrogens (tertiary/aromatic N) is 4. The first-order valence-corrected chi connectivity index (χ1v) is 17.8. The van der Waals surface area contributed by atoms with Crippen LogP contribution in [0.25, 0.3) is 32.4 Å². The number of nitrogen functional groups attached to an aromatic ring is 1. The summed E-state index contributed by atoms with van der Waals surface area (Å²) in [6.07, 6.45) is 4.09. The van der Waals surface area contributed by atoms with Crippen LogP contribution in [0.1, 0.15) is 60.7 Å². The monoisotopic (exact) mass is 712 g/mol. The quantitative estimate of drug-likeness (QED) is 0.0353. The van der Waals surface area contributed by atoms with Gasteiger partial charge in [0.1, 0.15) is 0 Å². The molecule has 0 radical (unpaired) electrons. The molecule has 5 aromatic rings. The van der Waals surface area contributed by atoms with Gasteiger partial charge < -0.3 is 11.1 Å². The van der Waals surface area contributed by atoms with E-state index in [1.54, 1.807) is 48.7 Å². The van der Waals surface area contributed by atoms with Crippen LogP contribution in [0.5, 0.6) is 0 Å². The lowest BCUT2D eigenvalue weighted by atomic mass is 9.91. The minimum atomic E-state index is -3.67. The molecule has 4 amide bonds. The van der Waals surface area contributed by atoms with Gasteiger partial charge in [-0.25, -0.2) is 0 Å². The van der Waals surface area contributed by atoms with E-state index in [1.807, 2.05) is 6.07 Å². The van der Waals surface area contributed by atoms with Crippen molar-refractivity contribution in [1.82, 2.24) is 20.1 Å². The Balaban J connectivity index is 0.000000839. The zero-order chi connectivity index (χ0) is 36.6. The lowest BCUT2D eigenvalue weighted by molar-refractivity contribution is -0.384. The van der Waals surface area contributed by atoms with Gasteiger partial charge in [0.05, 0.1) is 27.8 Å². The molecule has 0 saturated heterocycles. The lowest BCUT2D eigenvalue weighted by Gasteiger charge is -2.28. The summed E-state index contributed by atoms with van der Waals surface area (Å²) < 4.78 is 25.9. The number of amides is 4. The second-order valence-electron chi connectivity index (χ2n) is 12.2. The normalized spacial score (nSPS) is 14.0. The Bertz CT molecular complexity index is 2410. The molecule has 1 aromatic heterocycles. The van der Waals surface area contributed by atoms with Crippen LogP contribution in [0.2, 0.25) is 0 Å². The summed E-state index contributed by atoms with van der Waals surface area (Å²) in [5, 5.41) is 17.7. The standard InChI is InChI=1S/C34H28N6O6.CH4O3S/c35-21-16-24-29-25(15-20-7-4-11-37-30(20)24)32(42)39(33(43)26(29)17-21)13-5-10-36-9-1-2-12-38-31(41)23-8-3-6-19-14-22(40(45)46)18-27(28(19)23)34(38)44;1-5(2,3)4/h3-4,6-8,11,14-18,36H,1-2,5,9-10,12-13,35H2;1H3,(H,2,3,4). The number of anilines is 1. The van der Waals surface area contributed by atoms with Crippen LogP contribution in [-0.4, -0.2) is 88.7 Å². The highest BCUT2D eigenvalue weighted by Crippen LogP contribution is 2.37. The van der Waals surface area contributed by atoms with E-state index < -0.39 is 26.9 Å². The molecule has 2 aliphatic rings. The molecule has 4 aromatic carbocycles. The van der Waals surface area contributed by atoms with Crippen LogP contribution >= 0.6 is 0 Å². The summed E-state index contributed by atoms with van der Waals surface area (Å²) in [4.78, 5) is 71.0. The van der Waals surface area contributed by atoms with Crippen molar-refractivity contribution in [3.63, 3.8) is 0 Å². The zero-order valence-electron chi connectivity index (χ0n) is 27.3. The number of carbonyl (C=O) groups excluding carboxylic acids is 4. The Morgan fingerprint density at radius 2 is 1.37 bits per heavy atom. The summed E-state index contributed by atoms with van der Waals surface area (Å²) in [5.41, 5.74) is 8.41. The summed E-state index contributed by atoms with van der Waals surface area (Å²) >= 11 is 0. The van der Waals surface area contributed by atoms with Crippen molar-refractivity contribution in [1.29, 1.82) is 0 Å². The lowest BCUT2D eigenvalue weighted by Crippen LogP contribution is -2.42. The van der Waals surface area contributed by atoms with Gasteiger partial charge in [-0.1, -0.05) is 18.2 Å². The van der Waals surface area contributed by atoms with E-state index >= 15 is 0 Å². The maximum absolute atomic E-state index is 13.5. The summed E-state index contributed by atoms with van der Waals surface area (Å²) in [7, 11) is -3.67. The van der Waals surface area contributed by atoms with Gasteiger partial charge in [0.25, 0.3) is 39.4 Å². The smallest absolute Gasteiger partial charge is 0.270 e. The first-order chi connectivity index (χ1) is 24.2. The minimum Gasteiger partial charge on any atom is -0.399 e. The second kappa shape index (κ2) is 13.8. The fourth-order valence-electron chi connectivity index (χ4n) is 6.51. The van der Waals surface area contributed by atoms with Crippen molar-refractivity contribution in [2.75, 3.05) is 38.2 Å². The molecule has 0 fully saturated rings. The zero-order valence-corrected chi connectivity index (χ0v) is 28.1. The molecule has 0 spiro atoms. The van der Waals surface area contributed by atoms with E-state index in [4.69, 9.17) is 10.3 Å². The fraction of sp³-hybridized carbons (Fsp3) is 0.229. The number of carbonyl (C=O) groups is 4. The van der Waals surface area contributed by atoms with Crippen molar-refractivity contribution in [3.05, 3.63) is 99.2 Å². The van der Waals surface area contributed by atoms with Gasteiger partial charge >= 0.3 is 0 Å². The molecular weight excluding hydrogens is 680 g/mol. The molecule has 7 rings (SSSR count). The maximum atomic E-state index is 13.5. The van der Waals surface area contributed by atoms with Crippen molar-refractivity contribution < 1.29 is 37.1 Å². The number of fused-ring (bicyclic) bond motifs is 2. The number of benzene rings is 4. The highest BCUT2D eigenvalue weighted by atomic mass is 32.2. The third kappa shape index (κ3) is 6.96. The number of nitro benzene ring substituents is 1. The van der Waals surface area contributed by atoms with Gasteiger partial charge in [0.15, 0.2) is 0 Å².